The monoisotopic (exact) mass is 849 g/mol. The Kier molecular flexibility index (Phi) is 12.0. The van der Waals surface area contributed by atoms with E-state index in [0.29, 0.717) is 49.8 Å². The second-order valence-corrected chi connectivity index (χ2v) is 19.6. The molecular weight excluding hydrogens is 796 g/mol. The number of sulfonamides is 1. The van der Waals surface area contributed by atoms with Crippen LogP contribution >= 0.6 is 0 Å². The molecule has 3 fully saturated rings. The summed E-state index contributed by atoms with van der Waals surface area (Å²) < 4.78 is 88.2. The number of hydrogen-bond donors (Lipinski definition) is 3. The van der Waals surface area contributed by atoms with Gasteiger partial charge in [-0.05, 0) is 102 Å². The number of nitrogens with zero attached hydrogens (tertiary/aromatic N) is 2. The smallest absolute Gasteiger partial charge is 0.408 e. The van der Waals surface area contributed by atoms with E-state index in [1.165, 1.54) is 30.2 Å². The van der Waals surface area contributed by atoms with Crippen LogP contribution < -0.4 is 24.8 Å². The lowest BCUT2D eigenvalue weighted by molar-refractivity contribution is -0.152. The molecule has 6 rings (SSSR count). The zero-order chi connectivity index (χ0) is 43.3. The molecule has 1 aromatic heterocycles. The first kappa shape index (κ1) is 44.0. The van der Waals surface area contributed by atoms with Crippen molar-refractivity contribution in [2.45, 2.75) is 133 Å². The summed E-state index contributed by atoms with van der Waals surface area (Å²) in [6, 6.07) is 1.66. The van der Waals surface area contributed by atoms with Crippen molar-refractivity contribution in [1.82, 2.24) is 25.2 Å². The molecule has 0 radical (unpaired) electrons. The Balaban J connectivity index is 1.36. The number of amides is 4. The molecule has 2 aromatic rings. The molecular formula is C41H54F3N5O9S. The average Bonchev–Trinajstić information content (AvgIpc) is 4.02. The first-order chi connectivity index (χ1) is 27.5. The molecule has 2 aliphatic carbocycles. The van der Waals surface area contributed by atoms with Crippen molar-refractivity contribution < 1.29 is 55.0 Å². The van der Waals surface area contributed by atoms with Crippen LogP contribution in [0, 0.1) is 23.6 Å². The van der Waals surface area contributed by atoms with E-state index >= 15 is 4.39 Å². The average molecular weight is 850 g/mol. The summed E-state index contributed by atoms with van der Waals surface area (Å²) in [5.74, 6) is -7.62. The predicted molar refractivity (Wildman–Crippen MR) is 211 cm³/mol. The first-order valence-corrected chi connectivity index (χ1v) is 21.6. The van der Waals surface area contributed by atoms with Gasteiger partial charge in [0.05, 0.1) is 17.9 Å². The van der Waals surface area contributed by atoms with E-state index in [2.05, 4.69) is 20.3 Å². The van der Waals surface area contributed by atoms with Gasteiger partial charge in [0.2, 0.25) is 27.7 Å². The molecule has 0 bridgehead atoms. The third kappa shape index (κ3) is 9.11. The minimum atomic E-state index is -4.08. The number of pyridine rings is 1. The van der Waals surface area contributed by atoms with Crippen LogP contribution in [0.15, 0.2) is 36.5 Å². The van der Waals surface area contributed by atoms with Crippen molar-refractivity contribution in [1.29, 1.82) is 0 Å². The van der Waals surface area contributed by atoms with Crippen LogP contribution in [0.2, 0.25) is 0 Å². The van der Waals surface area contributed by atoms with Crippen LogP contribution in [-0.2, 0) is 29.1 Å². The topological polar surface area (TPSA) is 182 Å². The van der Waals surface area contributed by atoms with Gasteiger partial charge in [-0.3, -0.25) is 19.1 Å². The molecule has 18 heteroatoms. The van der Waals surface area contributed by atoms with E-state index in [4.69, 9.17) is 14.2 Å². The summed E-state index contributed by atoms with van der Waals surface area (Å²) in [5, 5.41) is 6.15. The lowest BCUT2D eigenvalue weighted by Crippen LogP contribution is -2.59. The van der Waals surface area contributed by atoms with Crippen molar-refractivity contribution in [3.63, 3.8) is 0 Å². The highest BCUT2D eigenvalue weighted by Crippen LogP contribution is 2.48. The first-order valence-electron chi connectivity index (χ1n) is 20.1. The number of nitrogens with one attached hydrogen (secondary N) is 3. The van der Waals surface area contributed by atoms with Crippen molar-refractivity contribution in [2.24, 2.45) is 17.8 Å². The normalized spacial score (nSPS) is 29.2. The number of alkyl carbamates (subject to hydrolysis) is 1. The number of ether oxygens (including phenoxy) is 3. The molecule has 2 saturated carbocycles. The number of fused-ring (bicyclic) bond motifs is 3. The maximum atomic E-state index is 15.1. The van der Waals surface area contributed by atoms with Gasteiger partial charge in [-0.15, -0.1) is 0 Å². The summed E-state index contributed by atoms with van der Waals surface area (Å²) >= 11 is 0. The fraction of sp³-hybridized carbons (Fsp3) is 0.634. The molecule has 0 spiro atoms. The molecule has 7 atom stereocenters. The van der Waals surface area contributed by atoms with Crippen LogP contribution in [-0.4, -0.2) is 95.3 Å². The second kappa shape index (κ2) is 16.1. The number of aromatic nitrogens is 1. The molecule has 4 amide bonds. The predicted octanol–water partition coefficient (Wildman–Crippen LogP) is 5.54. The van der Waals surface area contributed by atoms with Crippen LogP contribution in [0.1, 0.15) is 93.4 Å². The summed E-state index contributed by atoms with van der Waals surface area (Å²) in [7, 11) is -4.08. The Morgan fingerprint density at radius 1 is 1.12 bits per heavy atom. The van der Waals surface area contributed by atoms with Gasteiger partial charge in [-0.2, -0.15) is 0 Å². The Labute approximate surface area is 342 Å². The van der Waals surface area contributed by atoms with E-state index in [1.807, 2.05) is 13.0 Å². The highest BCUT2D eigenvalue weighted by Gasteiger charge is 2.63. The zero-order valence-electron chi connectivity index (χ0n) is 34.4. The molecule has 3 heterocycles. The number of benzene rings is 1. The number of halogens is 3. The van der Waals surface area contributed by atoms with Crippen molar-refractivity contribution in [3.05, 3.63) is 42.4 Å². The van der Waals surface area contributed by atoms with E-state index in [1.54, 1.807) is 26.0 Å². The maximum absolute atomic E-state index is 15.1. The van der Waals surface area contributed by atoms with Gasteiger partial charge in [-0.25, -0.2) is 31.4 Å². The Morgan fingerprint density at radius 2 is 1.83 bits per heavy atom. The quantitative estimate of drug-likeness (QED) is 0.257. The summed E-state index contributed by atoms with van der Waals surface area (Å²) in [4.78, 5) is 62.1. The molecule has 1 saturated heterocycles. The fourth-order valence-corrected chi connectivity index (χ4v) is 9.05. The van der Waals surface area contributed by atoms with Crippen molar-refractivity contribution >= 4 is 44.6 Å². The summed E-state index contributed by atoms with van der Waals surface area (Å²) in [5.41, 5.74) is -3.89. The van der Waals surface area contributed by atoms with Gasteiger partial charge in [0.1, 0.15) is 23.7 Å². The molecule has 0 unspecified atom stereocenters. The number of carbonyl (C=O) groups excluding carboxylic acids is 4. The van der Waals surface area contributed by atoms with Crippen molar-refractivity contribution in [2.75, 3.05) is 13.2 Å². The largest absolute Gasteiger partial charge is 0.491 e. The number of hydrogen-bond acceptors (Lipinski definition) is 10. The summed E-state index contributed by atoms with van der Waals surface area (Å²) in [6.07, 6.45) is 5.23. The third-order valence-electron chi connectivity index (χ3n) is 12.3. The molecule has 324 valence electrons. The van der Waals surface area contributed by atoms with Gasteiger partial charge < -0.3 is 29.7 Å². The molecule has 1 aromatic carbocycles. The molecule has 2 aliphatic heterocycles. The van der Waals surface area contributed by atoms with Gasteiger partial charge in [0, 0.05) is 30.8 Å². The third-order valence-corrected chi connectivity index (χ3v) is 14.4. The SMILES string of the molecule is CCOc1cc2ccnc(O[C@@H]3C[C@H]4C(=O)N[C@]5(C(=O)NS(=O)(=O)C6(C)CC6)C[C@H]5/C=C\CC[C@H](C)C[C@@H](C)[C@H](NC(=O)OC(C)(C)C(C)(F)F)C(=O)N4C3)c2cc1F. The lowest BCUT2D eigenvalue weighted by atomic mass is 9.88. The van der Waals surface area contributed by atoms with Crippen LogP contribution in [0.25, 0.3) is 10.8 Å². The minimum absolute atomic E-state index is 0.00714. The zero-order valence-corrected chi connectivity index (χ0v) is 35.2. The van der Waals surface area contributed by atoms with E-state index in [0.717, 1.165) is 13.8 Å². The number of rotatable bonds is 10. The molecule has 4 aliphatic rings. The molecule has 59 heavy (non-hydrogen) atoms. The summed E-state index contributed by atoms with van der Waals surface area (Å²) in [6.45, 7) is 9.65. The fourth-order valence-electron chi connectivity index (χ4n) is 7.74. The highest BCUT2D eigenvalue weighted by atomic mass is 32.2. The maximum Gasteiger partial charge on any atom is 0.408 e. The van der Waals surface area contributed by atoms with Crippen LogP contribution in [0.4, 0.5) is 18.0 Å². The van der Waals surface area contributed by atoms with E-state index in [-0.39, 0.29) is 43.5 Å². The Hall–Kier alpha value is -4.61. The molecule has 14 nitrogen and oxygen atoms in total. The Morgan fingerprint density at radius 3 is 2.49 bits per heavy atom. The van der Waals surface area contributed by atoms with Crippen LogP contribution in [0.3, 0.4) is 0 Å². The van der Waals surface area contributed by atoms with Gasteiger partial charge in [0.25, 0.3) is 11.8 Å². The van der Waals surface area contributed by atoms with E-state index in [9.17, 15) is 36.4 Å². The second-order valence-electron chi connectivity index (χ2n) is 17.4. The number of allylic oxidation sites excluding steroid dienone is 1. The number of alkyl halides is 2. The van der Waals surface area contributed by atoms with Crippen LogP contribution in [0.5, 0.6) is 11.6 Å². The Bertz CT molecular complexity index is 2130. The van der Waals surface area contributed by atoms with E-state index < -0.39 is 91.5 Å². The lowest BCUT2D eigenvalue weighted by Gasteiger charge is -2.35. The van der Waals surface area contributed by atoms with Gasteiger partial charge in [0.15, 0.2) is 17.2 Å². The molecule has 3 N–H and O–H groups in total. The highest BCUT2D eigenvalue weighted by molar-refractivity contribution is 7.91. The minimum Gasteiger partial charge on any atom is -0.491 e. The number of carbonyl (C=O) groups is 4. The van der Waals surface area contributed by atoms with Gasteiger partial charge >= 0.3 is 6.09 Å². The van der Waals surface area contributed by atoms with Gasteiger partial charge in [-0.1, -0.05) is 26.0 Å². The van der Waals surface area contributed by atoms with Crippen molar-refractivity contribution in [3.8, 4) is 11.6 Å². The standard InChI is InChI=1S/C41H54F3N5O9S/c1-8-56-31-18-25-13-16-45-34(28(25)20-29(31)42)57-27-19-30-33(50)47-41(36(52)48-59(54,55)39(6)14-15-39)21-26(41)12-10-9-11-23(2)17-24(3)32(35(51)49(30)22-27)46-37(53)58-38(4,5)40(7,43)44/h10,12-13,16,18,20,23-24,26-27,30,32H,8-9,11,14-15,17,19,21-22H2,1-7H3,(H,46,53)(H,47,50)(H,48,52)/b12-10-/t23-,24+,26+,27+,30-,32-,41+/m0/s1.